The SMILES string of the molecule is COc1ccc(NC(=O)COc2ccc(C)cc2C)c(N)c1. The van der Waals surface area contributed by atoms with Crippen LogP contribution in [-0.4, -0.2) is 19.6 Å². The topological polar surface area (TPSA) is 73.6 Å². The van der Waals surface area contributed by atoms with Crippen molar-refractivity contribution in [3.05, 3.63) is 47.5 Å². The van der Waals surface area contributed by atoms with Gasteiger partial charge in [-0.2, -0.15) is 0 Å². The van der Waals surface area contributed by atoms with Gasteiger partial charge in [-0.1, -0.05) is 17.7 Å². The number of nitrogens with one attached hydrogen (secondary N) is 1. The molecule has 0 saturated heterocycles. The van der Waals surface area contributed by atoms with Crippen LogP contribution in [0.2, 0.25) is 0 Å². The van der Waals surface area contributed by atoms with Crippen molar-refractivity contribution < 1.29 is 14.3 Å². The van der Waals surface area contributed by atoms with E-state index in [9.17, 15) is 4.79 Å². The monoisotopic (exact) mass is 300 g/mol. The van der Waals surface area contributed by atoms with Crippen molar-refractivity contribution in [2.75, 3.05) is 24.8 Å². The highest BCUT2D eigenvalue weighted by Crippen LogP contribution is 2.24. The maximum absolute atomic E-state index is 11.9. The third kappa shape index (κ3) is 3.91. The van der Waals surface area contributed by atoms with Crippen molar-refractivity contribution >= 4 is 17.3 Å². The summed E-state index contributed by atoms with van der Waals surface area (Å²) >= 11 is 0. The normalized spacial score (nSPS) is 10.1. The van der Waals surface area contributed by atoms with Gasteiger partial charge in [-0.3, -0.25) is 4.79 Å². The van der Waals surface area contributed by atoms with Crippen LogP contribution < -0.4 is 20.5 Å². The Morgan fingerprint density at radius 1 is 1.18 bits per heavy atom. The standard InChI is InChI=1S/C17H20N2O3/c1-11-4-7-16(12(2)8-11)22-10-17(20)19-15-6-5-13(21-3)9-14(15)18/h4-9H,10,18H2,1-3H3,(H,19,20). The number of carbonyl (C=O) groups is 1. The Labute approximate surface area is 130 Å². The van der Waals surface area contributed by atoms with Crippen LogP contribution in [-0.2, 0) is 4.79 Å². The second kappa shape index (κ2) is 6.85. The molecule has 22 heavy (non-hydrogen) atoms. The van der Waals surface area contributed by atoms with Crippen LogP contribution >= 0.6 is 0 Å². The van der Waals surface area contributed by atoms with Crippen LogP contribution in [0.4, 0.5) is 11.4 Å². The van der Waals surface area contributed by atoms with Gasteiger partial charge in [0.25, 0.3) is 5.91 Å². The summed E-state index contributed by atoms with van der Waals surface area (Å²) in [5, 5.41) is 2.72. The Hall–Kier alpha value is -2.69. The van der Waals surface area contributed by atoms with Crippen LogP contribution in [0.25, 0.3) is 0 Å². The first-order valence-electron chi connectivity index (χ1n) is 6.93. The summed E-state index contributed by atoms with van der Waals surface area (Å²) in [6, 6.07) is 10.9. The first-order valence-corrected chi connectivity index (χ1v) is 6.93. The third-order valence-electron chi connectivity index (χ3n) is 3.22. The molecule has 0 saturated carbocycles. The van der Waals surface area contributed by atoms with E-state index in [0.717, 1.165) is 11.1 Å². The summed E-state index contributed by atoms with van der Waals surface area (Å²) in [4.78, 5) is 11.9. The Morgan fingerprint density at radius 2 is 1.95 bits per heavy atom. The molecule has 0 aliphatic heterocycles. The summed E-state index contributed by atoms with van der Waals surface area (Å²) in [5.41, 5.74) is 8.99. The quantitative estimate of drug-likeness (QED) is 0.833. The molecule has 0 bridgehead atoms. The molecular weight excluding hydrogens is 280 g/mol. The Balaban J connectivity index is 1.95. The van der Waals surface area contributed by atoms with Gasteiger partial charge in [0.15, 0.2) is 6.61 Å². The summed E-state index contributed by atoms with van der Waals surface area (Å²) in [5.74, 6) is 1.07. The molecule has 0 aliphatic carbocycles. The Bertz CT molecular complexity index is 684. The lowest BCUT2D eigenvalue weighted by Gasteiger charge is -2.12. The number of carbonyl (C=O) groups excluding carboxylic acids is 1. The van der Waals surface area contributed by atoms with Gasteiger partial charge in [-0.25, -0.2) is 0 Å². The van der Waals surface area contributed by atoms with Gasteiger partial charge in [0, 0.05) is 6.07 Å². The van der Waals surface area contributed by atoms with Gasteiger partial charge < -0.3 is 20.5 Å². The van der Waals surface area contributed by atoms with Gasteiger partial charge in [-0.05, 0) is 37.6 Å². The van der Waals surface area contributed by atoms with Crippen LogP contribution in [0.5, 0.6) is 11.5 Å². The minimum Gasteiger partial charge on any atom is -0.497 e. The number of nitrogens with two attached hydrogens (primary N) is 1. The fraction of sp³-hybridized carbons (Fsp3) is 0.235. The van der Waals surface area contributed by atoms with Crippen LogP contribution in [0, 0.1) is 13.8 Å². The zero-order valence-corrected chi connectivity index (χ0v) is 13.0. The molecule has 3 N–H and O–H groups in total. The predicted molar refractivity (Wildman–Crippen MR) is 87.4 cm³/mol. The van der Waals surface area contributed by atoms with Gasteiger partial charge in [0.05, 0.1) is 18.5 Å². The number of aryl methyl sites for hydroxylation is 2. The molecule has 0 spiro atoms. The highest BCUT2D eigenvalue weighted by Gasteiger charge is 2.08. The number of hydrogen-bond acceptors (Lipinski definition) is 4. The maximum atomic E-state index is 11.9. The van der Waals surface area contributed by atoms with E-state index in [1.54, 1.807) is 25.3 Å². The third-order valence-corrected chi connectivity index (χ3v) is 3.22. The second-order valence-corrected chi connectivity index (χ2v) is 5.06. The molecule has 2 aromatic carbocycles. The minimum absolute atomic E-state index is 0.0740. The second-order valence-electron chi connectivity index (χ2n) is 5.06. The molecule has 116 valence electrons. The Morgan fingerprint density at radius 3 is 2.59 bits per heavy atom. The molecule has 2 rings (SSSR count). The lowest BCUT2D eigenvalue weighted by atomic mass is 10.1. The van der Waals surface area contributed by atoms with E-state index >= 15 is 0 Å². The summed E-state index contributed by atoms with van der Waals surface area (Å²) in [6.45, 7) is 3.88. The van der Waals surface area contributed by atoms with E-state index in [1.165, 1.54) is 0 Å². The van der Waals surface area contributed by atoms with E-state index in [4.69, 9.17) is 15.2 Å². The summed E-state index contributed by atoms with van der Waals surface area (Å²) in [7, 11) is 1.56. The van der Waals surface area contributed by atoms with Gasteiger partial charge in [0.1, 0.15) is 11.5 Å². The van der Waals surface area contributed by atoms with Crippen LogP contribution in [0.3, 0.4) is 0 Å². The van der Waals surface area contributed by atoms with E-state index in [2.05, 4.69) is 5.32 Å². The maximum Gasteiger partial charge on any atom is 0.262 e. The van der Waals surface area contributed by atoms with Gasteiger partial charge in [-0.15, -0.1) is 0 Å². The molecule has 0 radical (unpaired) electrons. The van der Waals surface area contributed by atoms with Crippen molar-refractivity contribution in [3.63, 3.8) is 0 Å². The molecule has 0 unspecified atom stereocenters. The predicted octanol–water partition coefficient (Wildman–Crippen LogP) is 2.91. The lowest BCUT2D eigenvalue weighted by molar-refractivity contribution is -0.118. The molecular formula is C17H20N2O3. The highest BCUT2D eigenvalue weighted by molar-refractivity contribution is 5.95. The van der Waals surface area contributed by atoms with E-state index in [1.807, 2.05) is 32.0 Å². The molecule has 1 amide bonds. The van der Waals surface area contributed by atoms with Gasteiger partial charge >= 0.3 is 0 Å². The largest absolute Gasteiger partial charge is 0.497 e. The minimum atomic E-state index is -0.267. The fourth-order valence-electron chi connectivity index (χ4n) is 2.07. The number of nitrogen functional groups attached to an aromatic ring is 1. The van der Waals surface area contributed by atoms with E-state index < -0.39 is 0 Å². The number of hydrogen-bond donors (Lipinski definition) is 2. The number of rotatable bonds is 5. The van der Waals surface area contributed by atoms with Crippen molar-refractivity contribution in [2.24, 2.45) is 0 Å². The number of anilines is 2. The average Bonchev–Trinajstić information content (AvgIpc) is 2.48. The van der Waals surface area contributed by atoms with Crippen molar-refractivity contribution in [1.82, 2.24) is 0 Å². The first kappa shape index (κ1) is 15.7. The number of methoxy groups -OCH3 is 1. The number of ether oxygens (including phenoxy) is 2. The fourth-order valence-corrected chi connectivity index (χ4v) is 2.07. The van der Waals surface area contributed by atoms with E-state index in [-0.39, 0.29) is 12.5 Å². The Kier molecular flexibility index (Phi) is 4.88. The molecule has 0 fully saturated rings. The zero-order valence-electron chi connectivity index (χ0n) is 13.0. The number of benzene rings is 2. The molecule has 5 nitrogen and oxygen atoms in total. The molecule has 0 atom stereocenters. The average molecular weight is 300 g/mol. The first-order chi connectivity index (χ1) is 10.5. The van der Waals surface area contributed by atoms with E-state index in [0.29, 0.717) is 22.9 Å². The van der Waals surface area contributed by atoms with Crippen LogP contribution in [0.15, 0.2) is 36.4 Å². The lowest BCUT2D eigenvalue weighted by Crippen LogP contribution is -2.21. The molecule has 0 aromatic heterocycles. The van der Waals surface area contributed by atoms with Crippen molar-refractivity contribution in [3.8, 4) is 11.5 Å². The van der Waals surface area contributed by atoms with Crippen LogP contribution in [0.1, 0.15) is 11.1 Å². The van der Waals surface area contributed by atoms with Crippen molar-refractivity contribution in [1.29, 1.82) is 0 Å². The zero-order chi connectivity index (χ0) is 16.1. The number of amides is 1. The summed E-state index contributed by atoms with van der Waals surface area (Å²) in [6.07, 6.45) is 0. The van der Waals surface area contributed by atoms with Crippen molar-refractivity contribution in [2.45, 2.75) is 13.8 Å². The molecule has 5 heteroatoms. The summed E-state index contributed by atoms with van der Waals surface area (Å²) < 4.78 is 10.6. The highest BCUT2D eigenvalue weighted by atomic mass is 16.5. The smallest absolute Gasteiger partial charge is 0.262 e. The molecule has 0 aliphatic rings. The molecule has 0 heterocycles. The molecule has 2 aromatic rings. The van der Waals surface area contributed by atoms with Gasteiger partial charge in [0.2, 0.25) is 0 Å².